The smallest absolute Gasteiger partial charge is 0.151 e. The summed E-state index contributed by atoms with van der Waals surface area (Å²) in [7, 11) is 0. The zero-order valence-electron chi connectivity index (χ0n) is 9.83. The Morgan fingerprint density at radius 2 is 1.88 bits per heavy atom. The van der Waals surface area contributed by atoms with Crippen LogP contribution in [0.2, 0.25) is 5.02 Å². The van der Waals surface area contributed by atoms with E-state index in [2.05, 4.69) is 26.0 Å². The second-order valence-corrected chi connectivity index (χ2v) is 4.51. The maximum atomic E-state index is 10.9. The van der Waals surface area contributed by atoms with Crippen LogP contribution in [-0.2, 0) is 0 Å². The highest BCUT2D eigenvalue weighted by atomic mass is 35.5. The van der Waals surface area contributed by atoms with Crippen LogP contribution in [0.1, 0.15) is 21.5 Å². The van der Waals surface area contributed by atoms with Crippen LogP contribution >= 0.6 is 11.6 Å². The molecule has 0 aliphatic rings. The Morgan fingerprint density at radius 1 is 1.12 bits per heavy atom. The number of rotatable bonds is 2. The third-order valence-electron chi connectivity index (χ3n) is 3.04. The number of carbonyl (C=O) groups is 1. The van der Waals surface area contributed by atoms with Gasteiger partial charge in [-0.2, -0.15) is 0 Å². The molecule has 0 bridgehead atoms. The third-order valence-corrected chi connectivity index (χ3v) is 3.38. The van der Waals surface area contributed by atoms with Crippen molar-refractivity contribution < 1.29 is 4.79 Å². The fourth-order valence-corrected chi connectivity index (χ4v) is 2.03. The number of carbonyl (C=O) groups excluding carboxylic acids is 1. The summed E-state index contributed by atoms with van der Waals surface area (Å²) < 4.78 is 0. The minimum Gasteiger partial charge on any atom is -0.298 e. The van der Waals surface area contributed by atoms with Crippen molar-refractivity contribution in [1.82, 2.24) is 0 Å². The van der Waals surface area contributed by atoms with Crippen LogP contribution in [0.25, 0.3) is 11.1 Å². The lowest BCUT2D eigenvalue weighted by Crippen LogP contribution is -1.89. The van der Waals surface area contributed by atoms with E-state index in [0.29, 0.717) is 10.6 Å². The molecule has 86 valence electrons. The average Bonchev–Trinajstić information content (AvgIpc) is 2.34. The molecule has 2 aromatic rings. The van der Waals surface area contributed by atoms with E-state index in [1.807, 2.05) is 18.2 Å². The fourth-order valence-electron chi connectivity index (χ4n) is 1.87. The molecule has 2 aromatic carbocycles. The molecule has 17 heavy (non-hydrogen) atoms. The van der Waals surface area contributed by atoms with Crippen molar-refractivity contribution in [3.8, 4) is 11.1 Å². The first-order valence-electron chi connectivity index (χ1n) is 5.45. The Bertz CT molecular complexity index is 573. The molecule has 0 unspecified atom stereocenters. The lowest BCUT2D eigenvalue weighted by atomic mass is 9.96. The molecule has 0 heterocycles. The van der Waals surface area contributed by atoms with Crippen LogP contribution < -0.4 is 0 Å². The van der Waals surface area contributed by atoms with Crippen molar-refractivity contribution in [2.24, 2.45) is 0 Å². The topological polar surface area (TPSA) is 17.1 Å². The van der Waals surface area contributed by atoms with Gasteiger partial charge in [-0.3, -0.25) is 4.79 Å². The summed E-state index contributed by atoms with van der Waals surface area (Å²) in [6.45, 7) is 4.16. The molecular formula is C15H13ClO. The summed E-state index contributed by atoms with van der Waals surface area (Å²) in [5.41, 5.74) is 5.17. The number of aldehydes is 1. The Balaban J connectivity index is 2.61. The predicted octanol–water partition coefficient (Wildman–Crippen LogP) is 4.44. The maximum absolute atomic E-state index is 10.9. The highest BCUT2D eigenvalue weighted by Crippen LogP contribution is 2.28. The van der Waals surface area contributed by atoms with Gasteiger partial charge in [0.15, 0.2) is 6.29 Å². The van der Waals surface area contributed by atoms with E-state index in [0.717, 1.165) is 17.4 Å². The largest absolute Gasteiger partial charge is 0.298 e. The molecule has 0 N–H and O–H groups in total. The van der Waals surface area contributed by atoms with Crippen molar-refractivity contribution in [1.29, 1.82) is 0 Å². The Morgan fingerprint density at radius 3 is 2.59 bits per heavy atom. The monoisotopic (exact) mass is 244 g/mol. The van der Waals surface area contributed by atoms with E-state index in [1.165, 1.54) is 11.1 Å². The molecule has 2 rings (SSSR count). The van der Waals surface area contributed by atoms with Crippen LogP contribution in [0.4, 0.5) is 0 Å². The summed E-state index contributed by atoms with van der Waals surface area (Å²) in [4.78, 5) is 10.9. The molecular weight excluding hydrogens is 232 g/mol. The van der Waals surface area contributed by atoms with Crippen molar-refractivity contribution in [2.45, 2.75) is 13.8 Å². The lowest BCUT2D eigenvalue weighted by molar-refractivity contribution is 0.112. The second kappa shape index (κ2) is 4.72. The molecule has 0 aromatic heterocycles. The van der Waals surface area contributed by atoms with Gasteiger partial charge in [0.05, 0.1) is 5.02 Å². The van der Waals surface area contributed by atoms with E-state index < -0.39 is 0 Å². The molecule has 0 aliphatic heterocycles. The molecule has 0 saturated heterocycles. The maximum Gasteiger partial charge on any atom is 0.151 e. The van der Waals surface area contributed by atoms with Crippen molar-refractivity contribution >= 4 is 17.9 Å². The molecule has 0 saturated carbocycles. The average molecular weight is 245 g/mol. The van der Waals surface area contributed by atoms with E-state index in [9.17, 15) is 4.79 Å². The van der Waals surface area contributed by atoms with Gasteiger partial charge in [-0.15, -0.1) is 0 Å². The number of aryl methyl sites for hydroxylation is 1. The Kier molecular flexibility index (Phi) is 3.30. The van der Waals surface area contributed by atoms with Crippen molar-refractivity contribution in [3.05, 3.63) is 58.1 Å². The minimum absolute atomic E-state index is 0.494. The Labute approximate surface area is 106 Å². The van der Waals surface area contributed by atoms with E-state index in [4.69, 9.17) is 11.6 Å². The van der Waals surface area contributed by atoms with Crippen LogP contribution in [0.5, 0.6) is 0 Å². The first-order valence-corrected chi connectivity index (χ1v) is 5.82. The van der Waals surface area contributed by atoms with Gasteiger partial charge in [-0.1, -0.05) is 35.9 Å². The highest BCUT2D eigenvalue weighted by Gasteiger charge is 2.06. The summed E-state index contributed by atoms with van der Waals surface area (Å²) in [6.07, 6.45) is 0.789. The Hall–Kier alpha value is -1.60. The van der Waals surface area contributed by atoms with Gasteiger partial charge in [0.1, 0.15) is 0 Å². The number of hydrogen-bond acceptors (Lipinski definition) is 1. The van der Waals surface area contributed by atoms with Gasteiger partial charge in [-0.05, 0) is 48.2 Å². The summed E-state index contributed by atoms with van der Waals surface area (Å²) in [5, 5.41) is 0.494. The number of hydrogen-bond donors (Lipinski definition) is 0. The normalized spacial score (nSPS) is 10.3. The van der Waals surface area contributed by atoms with E-state index in [-0.39, 0.29) is 0 Å². The SMILES string of the molecule is Cc1cccc(-c2ccc(Cl)c(C=O)c2)c1C. The zero-order valence-corrected chi connectivity index (χ0v) is 10.6. The second-order valence-electron chi connectivity index (χ2n) is 4.10. The van der Waals surface area contributed by atoms with Gasteiger partial charge in [0, 0.05) is 5.56 Å². The standard InChI is InChI=1S/C15H13ClO/c1-10-4-3-5-14(11(10)2)12-6-7-15(16)13(8-12)9-17/h3-9H,1-2H3. The fraction of sp³-hybridized carbons (Fsp3) is 0.133. The summed E-state index contributed by atoms with van der Waals surface area (Å²) in [6, 6.07) is 11.7. The first-order chi connectivity index (χ1) is 8.13. The quantitative estimate of drug-likeness (QED) is 0.714. The van der Waals surface area contributed by atoms with E-state index >= 15 is 0 Å². The zero-order chi connectivity index (χ0) is 12.4. The molecule has 2 heteroatoms. The lowest BCUT2D eigenvalue weighted by Gasteiger charge is -2.09. The van der Waals surface area contributed by atoms with Gasteiger partial charge in [-0.25, -0.2) is 0 Å². The molecule has 0 atom stereocenters. The van der Waals surface area contributed by atoms with Crippen LogP contribution in [0.3, 0.4) is 0 Å². The van der Waals surface area contributed by atoms with Crippen LogP contribution in [0.15, 0.2) is 36.4 Å². The first kappa shape index (κ1) is 11.9. The molecule has 0 spiro atoms. The molecule has 0 aliphatic carbocycles. The molecule has 0 amide bonds. The van der Waals surface area contributed by atoms with Crippen molar-refractivity contribution in [2.75, 3.05) is 0 Å². The molecule has 0 radical (unpaired) electrons. The van der Waals surface area contributed by atoms with Gasteiger partial charge in [0.25, 0.3) is 0 Å². The van der Waals surface area contributed by atoms with Gasteiger partial charge in [0.2, 0.25) is 0 Å². The number of benzene rings is 2. The minimum atomic E-state index is 0.494. The third kappa shape index (κ3) is 2.25. The van der Waals surface area contributed by atoms with E-state index in [1.54, 1.807) is 6.07 Å². The van der Waals surface area contributed by atoms with Crippen LogP contribution in [-0.4, -0.2) is 6.29 Å². The van der Waals surface area contributed by atoms with Crippen LogP contribution in [0, 0.1) is 13.8 Å². The molecule has 0 fully saturated rings. The highest BCUT2D eigenvalue weighted by molar-refractivity contribution is 6.33. The molecule has 1 nitrogen and oxygen atoms in total. The number of halogens is 1. The van der Waals surface area contributed by atoms with Gasteiger partial charge < -0.3 is 0 Å². The van der Waals surface area contributed by atoms with Gasteiger partial charge >= 0.3 is 0 Å². The summed E-state index contributed by atoms with van der Waals surface area (Å²) in [5.74, 6) is 0. The van der Waals surface area contributed by atoms with Crippen molar-refractivity contribution in [3.63, 3.8) is 0 Å². The predicted molar refractivity (Wildman–Crippen MR) is 71.7 cm³/mol. The summed E-state index contributed by atoms with van der Waals surface area (Å²) >= 11 is 5.92.